The van der Waals surface area contributed by atoms with Crippen LogP contribution >= 0.6 is 0 Å². The van der Waals surface area contributed by atoms with Crippen LogP contribution in [-0.4, -0.2) is 23.5 Å². The minimum Gasteiger partial charge on any atom is -0.313 e. The zero-order valence-electron chi connectivity index (χ0n) is 7.15. The Morgan fingerprint density at radius 3 is 2.93 bits per heavy atom. The van der Waals surface area contributed by atoms with Gasteiger partial charge in [0, 0.05) is 5.56 Å². The third kappa shape index (κ3) is 1.23. The summed E-state index contributed by atoms with van der Waals surface area (Å²) in [6.45, 7) is 0. The number of aromatic nitrogens is 2. The predicted molar refractivity (Wildman–Crippen MR) is 52.4 cm³/mol. The van der Waals surface area contributed by atoms with Crippen molar-refractivity contribution < 1.29 is 4.79 Å². The lowest BCUT2D eigenvalue weighted by atomic mass is 9.92. The molecule has 66 valence electrons. The van der Waals surface area contributed by atoms with Crippen LogP contribution in [-0.2, 0) is 0 Å². The molecule has 1 N–H and O–H groups in total. The number of H-pyrrole nitrogens is 1. The number of carbonyl (C=O) groups excluding carboxylic acids is 1. The van der Waals surface area contributed by atoms with E-state index < -0.39 is 5.68 Å². The van der Waals surface area contributed by atoms with Gasteiger partial charge in [-0.1, -0.05) is 12.1 Å². The first-order chi connectivity index (χ1) is 6.70. The molecule has 0 spiro atoms. The molecule has 0 aliphatic carbocycles. The molecule has 2 radical (unpaired) electrons. The van der Waals surface area contributed by atoms with Crippen molar-refractivity contribution in [3.8, 4) is 0 Å². The Hall–Kier alpha value is -1.91. The molecule has 1 aromatic carbocycles. The van der Waals surface area contributed by atoms with Crippen molar-refractivity contribution in [3.05, 3.63) is 40.4 Å². The summed E-state index contributed by atoms with van der Waals surface area (Å²) in [7, 11) is 5.13. The van der Waals surface area contributed by atoms with Gasteiger partial charge in [0.15, 0.2) is 7.85 Å². The smallest absolute Gasteiger partial charge is 0.259 e. The fraction of sp³-hybridized carbons (Fsp3) is 0. The Morgan fingerprint density at radius 2 is 2.21 bits per heavy atom. The van der Waals surface area contributed by atoms with Crippen molar-refractivity contribution in [3.63, 3.8) is 0 Å². The lowest BCUT2D eigenvalue weighted by Gasteiger charge is -2.00. The number of carbonyl (C=O) groups is 1. The Morgan fingerprint density at radius 1 is 1.43 bits per heavy atom. The van der Waals surface area contributed by atoms with E-state index in [-0.39, 0.29) is 16.5 Å². The molecule has 0 amide bonds. The Kier molecular flexibility index (Phi) is 1.92. The van der Waals surface area contributed by atoms with Crippen molar-refractivity contribution in [2.24, 2.45) is 0 Å². The van der Waals surface area contributed by atoms with Gasteiger partial charge in [-0.05, 0) is 6.07 Å². The number of rotatable bonds is 1. The summed E-state index contributed by atoms with van der Waals surface area (Å²) in [6.07, 6.45) is 1.29. The maximum atomic E-state index is 11.4. The Bertz CT molecular complexity index is 557. The molecule has 2 rings (SSSR count). The minimum atomic E-state index is -0.630. The monoisotopic (exact) mass is 184 g/mol. The highest BCUT2D eigenvalue weighted by atomic mass is 16.1. The normalized spacial score (nSPS) is 10.3. The summed E-state index contributed by atoms with van der Waals surface area (Å²) in [5, 5.41) is 0.238. The lowest BCUT2D eigenvalue weighted by Crippen LogP contribution is -2.11. The van der Waals surface area contributed by atoms with Gasteiger partial charge in [-0.3, -0.25) is 4.79 Å². The van der Waals surface area contributed by atoms with E-state index in [4.69, 9.17) is 7.85 Å². The van der Waals surface area contributed by atoms with Crippen LogP contribution in [0.3, 0.4) is 0 Å². The Labute approximate surface area is 80.4 Å². The van der Waals surface area contributed by atoms with E-state index in [1.54, 1.807) is 12.1 Å². The minimum absolute atomic E-state index is 0.192. The summed E-state index contributed by atoms with van der Waals surface area (Å²) in [6, 6.07) is 4.79. The fourth-order valence-electron chi connectivity index (χ4n) is 1.32. The molecule has 0 bridgehead atoms. The Balaban J connectivity index is 2.99. The third-order valence-corrected chi connectivity index (χ3v) is 1.93. The first kappa shape index (κ1) is 8.68. The quantitative estimate of drug-likeness (QED) is 0.645. The molecule has 14 heavy (non-hydrogen) atoms. The zero-order valence-corrected chi connectivity index (χ0v) is 7.15. The number of nitrogens with one attached hydrogen (secondary N) is 1. The fourth-order valence-corrected chi connectivity index (χ4v) is 1.32. The van der Waals surface area contributed by atoms with Crippen molar-refractivity contribution in [2.75, 3.05) is 0 Å². The van der Waals surface area contributed by atoms with Crippen LogP contribution in [0.2, 0.25) is 0 Å². The van der Waals surface area contributed by atoms with Crippen LogP contribution < -0.4 is 5.56 Å². The number of fused-ring (bicyclic) bond motifs is 1. The largest absolute Gasteiger partial charge is 0.313 e. The number of benzene rings is 1. The van der Waals surface area contributed by atoms with Gasteiger partial charge < -0.3 is 9.78 Å². The predicted octanol–water partition coefficient (Wildman–Crippen LogP) is 0.232. The summed E-state index contributed by atoms with van der Waals surface area (Å²) < 4.78 is 0. The van der Waals surface area contributed by atoms with E-state index in [0.717, 1.165) is 0 Å². The second-order valence-corrected chi connectivity index (χ2v) is 2.80. The number of nitrogens with zero attached hydrogens (tertiary/aromatic N) is 1. The summed E-state index contributed by atoms with van der Waals surface area (Å²) in [5.74, 6) is 0. The highest BCUT2D eigenvalue weighted by molar-refractivity contribution is 6.63. The van der Waals surface area contributed by atoms with Crippen molar-refractivity contribution in [1.29, 1.82) is 0 Å². The van der Waals surface area contributed by atoms with Gasteiger partial charge in [-0.25, -0.2) is 4.98 Å². The molecular formula is C9H5BN2O2. The van der Waals surface area contributed by atoms with Crippen LogP contribution in [0.1, 0.15) is 10.4 Å². The van der Waals surface area contributed by atoms with Crippen molar-refractivity contribution in [2.45, 2.75) is 0 Å². The van der Waals surface area contributed by atoms with Gasteiger partial charge in [0.1, 0.15) is 5.68 Å². The van der Waals surface area contributed by atoms with Gasteiger partial charge in [-0.2, -0.15) is 0 Å². The zero-order chi connectivity index (χ0) is 10.1. The number of aromatic amines is 1. The maximum Gasteiger partial charge on any atom is 0.259 e. The van der Waals surface area contributed by atoms with E-state index in [1.165, 1.54) is 12.4 Å². The second-order valence-electron chi connectivity index (χ2n) is 2.80. The van der Waals surface area contributed by atoms with Crippen molar-refractivity contribution in [1.82, 2.24) is 9.97 Å². The SMILES string of the molecule is [B]C(=O)c1cccc2nc[nH]c(=O)c12. The van der Waals surface area contributed by atoms with Crippen LogP contribution in [0.25, 0.3) is 10.9 Å². The highest BCUT2D eigenvalue weighted by Crippen LogP contribution is 2.11. The molecule has 0 atom stereocenters. The van der Waals surface area contributed by atoms with E-state index in [9.17, 15) is 9.59 Å². The average molecular weight is 184 g/mol. The van der Waals surface area contributed by atoms with E-state index in [0.29, 0.717) is 5.52 Å². The highest BCUT2D eigenvalue weighted by Gasteiger charge is 2.08. The van der Waals surface area contributed by atoms with Crippen LogP contribution in [0.15, 0.2) is 29.3 Å². The van der Waals surface area contributed by atoms with Gasteiger partial charge in [0.25, 0.3) is 5.56 Å². The standard InChI is InChI=1S/C9H5BN2O2/c10-8(13)5-2-1-3-6-7(5)9(14)12-4-11-6/h1-4H,(H,11,12,14). The van der Waals surface area contributed by atoms with Gasteiger partial charge >= 0.3 is 0 Å². The third-order valence-electron chi connectivity index (χ3n) is 1.93. The molecule has 1 aromatic heterocycles. The molecule has 0 unspecified atom stereocenters. The molecule has 1 heterocycles. The molecule has 2 aromatic rings. The molecule has 4 nitrogen and oxygen atoms in total. The molecular weight excluding hydrogens is 179 g/mol. The number of hydrogen-bond donors (Lipinski definition) is 1. The molecule has 0 saturated carbocycles. The van der Waals surface area contributed by atoms with E-state index >= 15 is 0 Å². The van der Waals surface area contributed by atoms with E-state index in [1.807, 2.05) is 0 Å². The first-order valence-corrected chi connectivity index (χ1v) is 3.96. The maximum absolute atomic E-state index is 11.4. The number of hydrogen-bond acceptors (Lipinski definition) is 3. The summed E-state index contributed by atoms with van der Waals surface area (Å²) in [5.41, 5.74) is -0.333. The van der Waals surface area contributed by atoms with Crippen LogP contribution in [0.5, 0.6) is 0 Å². The molecule has 0 fully saturated rings. The summed E-state index contributed by atoms with van der Waals surface area (Å²) in [4.78, 5) is 28.7. The van der Waals surface area contributed by atoms with Gasteiger partial charge in [-0.15, -0.1) is 0 Å². The first-order valence-electron chi connectivity index (χ1n) is 3.96. The summed E-state index contributed by atoms with van der Waals surface area (Å²) >= 11 is 0. The van der Waals surface area contributed by atoms with Gasteiger partial charge in [0.05, 0.1) is 17.2 Å². The second kappa shape index (κ2) is 3.10. The average Bonchev–Trinajstić information content (AvgIpc) is 2.17. The molecule has 0 saturated heterocycles. The lowest BCUT2D eigenvalue weighted by molar-refractivity contribution is 0.108. The van der Waals surface area contributed by atoms with E-state index in [2.05, 4.69) is 9.97 Å². The topological polar surface area (TPSA) is 62.8 Å². The van der Waals surface area contributed by atoms with Crippen molar-refractivity contribution >= 4 is 24.4 Å². The molecule has 0 aliphatic rings. The molecule has 0 aliphatic heterocycles. The van der Waals surface area contributed by atoms with Crippen LogP contribution in [0.4, 0.5) is 0 Å². The molecule has 5 heteroatoms. The van der Waals surface area contributed by atoms with Crippen LogP contribution in [0, 0.1) is 0 Å². The van der Waals surface area contributed by atoms with Gasteiger partial charge in [0.2, 0.25) is 0 Å².